The Hall–Kier alpha value is -2.59. The van der Waals surface area contributed by atoms with Crippen molar-refractivity contribution in [3.8, 4) is 0 Å². The first-order valence-corrected chi connectivity index (χ1v) is 7.90. The van der Waals surface area contributed by atoms with Crippen LogP contribution < -0.4 is 5.84 Å². The van der Waals surface area contributed by atoms with Crippen molar-refractivity contribution >= 4 is 17.0 Å². The van der Waals surface area contributed by atoms with Crippen molar-refractivity contribution in [2.45, 2.75) is 0 Å². The minimum absolute atomic E-state index is 0.753. The summed E-state index contributed by atoms with van der Waals surface area (Å²) in [4.78, 5) is 2.39. The molecule has 23 heavy (non-hydrogen) atoms. The van der Waals surface area contributed by atoms with Gasteiger partial charge in [-0.3, -0.25) is 0 Å². The lowest BCUT2D eigenvalue weighted by Crippen LogP contribution is -2.35. The topological polar surface area (TPSA) is 50.8 Å². The fourth-order valence-corrected chi connectivity index (χ4v) is 3.41. The lowest BCUT2D eigenvalue weighted by molar-refractivity contribution is 0.0642. The van der Waals surface area contributed by atoms with Crippen LogP contribution in [-0.4, -0.2) is 36.9 Å². The van der Waals surface area contributed by atoms with Gasteiger partial charge in [-0.25, -0.2) is 0 Å². The van der Waals surface area contributed by atoms with E-state index < -0.39 is 0 Å². The Bertz CT molecular complexity index is 774. The quantitative estimate of drug-likeness (QED) is 0.685. The second kappa shape index (κ2) is 5.89. The molecule has 0 radical (unpaired) electrons. The molecule has 1 saturated heterocycles. The monoisotopic (exact) mass is 305 g/mol. The summed E-state index contributed by atoms with van der Waals surface area (Å²) in [5.74, 6) is 5.78. The van der Waals surface area contributed by atoms with Crippen LogP contribution in [0.2, 0.25) is 0 Å². The second-order valence-electron chi connectivity index (χ2n) is 5.71. The predicted octanol–water partition coefficient (Wildman–Crippen LogP) is 2.56. The Balaban J connectivity index is 1.95. The van der Waals surface area contributed by atoms with Gasteiger partial charge in [0, 0.05) is 29.8 Å². The predicted molar refractivity (Wildman–Crippen MR) is 92.8 cm³/mol. The molecule has 2 N–H and O–H groups in total. The SMILES string of the molecule is NN=C1C(c2ccccc2)=C(N2CCOCC2)c2ccccc21. The van der Waals surface area contributed by atoms with Gasteiger partial charge in [0.2, 0.25) is 0 Å². The Kier molecular flexibility index (Phi) is 3.60. The summed E-state index contributed by atoms with van der Waals surface area (Å²) in [6.07, 6.45) is 0. The standard InChI is InChI=1S/C19H19N3O/c20-21-18-15-8-4-5-9-16(15)19(22-10-12-23-13-11-22)17(18)14-6-2-1-3-7-14/h1-9H,10-13,20H2. The number of benzene rings is 2. The molecule has 4 nitrogen and oxygen atoms in total. The fraction of sp³-hybridized carbons (Fsp3) is 0.211. The minimum Gasteiger partial charge on any atom is -0.378 e. The van der Waals surface area contributed by atoms with Crippen molar-refractivity contribution in [3.63, 3.8) is 0 Å². The molecule has 0 bridgehead atoms. The molecule has 0 saturated carbocycles. The van der Waals surface area contributed by atoms with Crippen molar-refractivity contribution in [2.24, 2.45) is 10.9 Å². The molecule has 2 aromatic carbocycles. The second-order valence-corrected chi connectivity index (χ2v) is 5.71. The summed E-state index contributed by atoms with van der Waals surface area (Å²) >= 11 is 0. The molecule has 1 fully saturated rings. The fourth-order valence-electron chi connectivity index (χ4n) is 3.41. The first kappa shape index (κ1) is 14.0. The van der Waals surface area contributed by atoms with E-state index in [1.807, 2.05) is 12.1 Å². The highest BCUT2D eigenvalue weighted by Crippen LogP contribution is 2.40. The average Bonchev–Trinajstić information content (AvgIpc) is 2.97. The molecule has 4 heteroatoms. The number of allylic oxidation sites excluding steroid dienone is 1. The number of fused-ring (bicyclic) bond motifs is 1. The number of nitrogens with zero attached hydrogens (tertiary/aromatic N) is 2. The highest BCUT2D eigenvalue weighted by atomic mass is 16.5. The van der Waals surface area contributed by atoms with Crippen LogP contribution in [0.5, 0.6) is 0 Å². The van der Waals surface area contributed by atoms with E-state index in [9.17, 15) is 0 Å². The maximum absolute atomic E-state index is 5.78. The molecule has 1 heterocycles. The number of rotatable bonds is 2. The number of hydrazone groups is 1. The Morgan fingerprint density at radius 2 is 1.52 bits per heavy atom. The molecule has 0 unspecified atom stereocenters. The number of morpholine rings is 1. The number of hydrogen-bond acceptors (Lipinski definition) is 4. The third-order valence-corrected chi connectivity index (χ3v) is 4.43. The van der Waals surface area contributed by atoms with Gasteiger partial charge in [0.15, 0.2) is 0 Å². The number of ether oxygens (including phenoxy) is 1. The lowest BCUT2D eigenvalue weighted by atomic mass is 10.0. The molecular weight excluding hydrogens is 286 g/mol. The molecule has 1 aliphatic heterocycles. The summed E-state index contributed by atoms with van der Waals surface area (Å²) in [5, 5.41) is 4.13. The van der Waals surface area contributed by atoms with Crippen LogP contribution in [0, 0.1) is 0 Å². The molecule has 2 aliphatic rings. The summed E-state index contributed by atoms with van der Waals surface area (Å²) in [6.45, 7) is 3.28. The lowest BCUT2D eigenvalue weighted by Gasteiger charge is -2.31. The molecule has 1 aliphatic carbocycles. The molecule has 0 aromatic heterocycles. The zero-order chi connectivity index (χ0) is 15.6. The molecule has 0 atom stereocenters. The normalized spacial score (nSPS) is 19.3. The Morgan fingerprint density at radius 3 is 2.22 bits per heavy atom. The van der Waals surface area contributed by atoms with Crippen LogP contribution in [0.1, 0.15) is 16.7 Å². The smallest absolute Gasteiger partial charge is 0.100 e. The van der Waals surface area contributed by atoms with E-state index in [-0.39, 0.29) is 0 Å². The van der Waals surface area contributed by atoms with Crippen molar-refractivity contribution in [3.05, 3.63) is 71.3 Å². The van der Waals surface area contributed by atoms with Crippen LogP contribution in [0.15, 0.2) is 59.7 Å². The van der Waals surface area contributed by atoms with Gasteiger partial charge in [-0.1, -0.05) is 54.6 Å². The van der Waals surface area contributed by atoms with Crippen LogP contribution in [0.3, 0.4) is 0 Å². The zero-order valence-electron chi connectivity index (χ0n) is 12.9. The van der Waals surface area contributed by atoms with Crippen LogP contribution in [-0.2, 0) is 4.74 Å². The number of nitrogens with two attached hydrogens (primary N) is 1. The molecule has 0 amide bonds. The zero-order valence-corrected chi connectivity index (χ0v) is 12.9. The summed E-state index contributed by atoms with van der Waals surface area (Å²) < 4.78 is 5.52. The summed E-state index contributed by atoms with van der Waals surface area (Å²) in [5.41, 5.74) is 6.67. The van der Waals surface area contributed by atoms with E-state index in [0.29, 0.717) is 0 Å². The van der Waals surface area contributed by atoms with Crippen molar-refractivity contribution in [1.82, 2.24) is 4.90 Å². The first-order chi connectivity index (χ1) is 11.4. The van der Waals surface area contributed by atoms with E-state index in [1.54, 1.807) is 0 Å². The van der Waals surface area contributed by atoms with E-state index in [1.165, 1.54) is 11.3 Å². The van der Waals surface area contributed by atoms with Crippen molar-refractivity contribution in [1.29, 1.82) is 0 Å². The molecular formula is C19H19N3O. The van der Waals surface area contributed by atoms with Gasteiger partial charge >= 0.3 is 0 Å². The van der Waals surface area contributed by atoms with Gasteiger partial charge in [-0.05, 0) is 5.56 Å². The highest BCUT2D eigenvalue weighted by molar-refractivity contribution is 6.41. The van der Waals surface area contributed by atoms with Gasteiger partial charge in [0.1, 0.15) is 5.71 Å². The maximum Gasteiger partial charge on any atom is 0.100 e. The first-order valence-electron chi connectivity index (χ1n) is 7.90. The highest BCUT2D eigenvalue weighted by Gasteiger charge is 2.32. The third kappa shape index (κ3) is 2.32. The molecule has 2 aromatic rings. The largest absolute Gasteiger partial charge is 0.378 e. The minimum atomic E-state index is 0.753. The molecule has 4 rings (SSSR count). The van der Waals surface area contributed by atoms with E-state index in [0.717, 1.165) is 48.7 Å². The molecule has 0 spiro atoms. The van der Waals surface area contributed by atoms with E-state index >= 15 is 0 Å². The van der Waals surface area contributed by atoms with Crippen LogP contribution in [0.4, 0.5) is 0 Å². The average molecular weight is 305 g/mol. The van der Waals surface area contributed by atoms with Crippen LogP contribution >= 0.6 is 0 Å². The maximum atomic E-state index is 5.78. The van der Waals surface area contributed by atoms with Crippen molar-refractivity contribution in [2.75, 3.05) is 26.3 Å². The van der Waals surface area contributed by atoms with Crippen molar-refractivity contribution < 1.29 is 4.74 Å². The third-order valence-electron chi connectivity index (χ3n) is 4.43. The van der Waals surface area contributed by atoms with E-state index in [2.05, 4.69) is 52.5 Å². The van der Waals surface area contributed by atoms with Gasteiger partial charge in [0.05, 0.1) is 18.9 Å². The van der Waals surface area contributed by atoms with Gasteiger partial charge in [0.25, 0.3) is 0 Å². The Morgan fingerprint density at radius 1 is 0.870 bits per heavy atom. The summed E-state index contributed by atoms with van der Waals surface area (Å²) in [6, 6.07) is 18.7. The van der Waals surface area contributed by atoms with Gasteiger partial charge in [-0.2, -0.15) is 5.10 Å². The van der Waals surface area contributed by atoms with Gasteiger partial charge in [-0.15, -0.1) is 0 Å². The Labute approximate surface area is 135 Å². The van der Waals surface area contributed by atoms with Crippen LogP contribution in [0.25, 0.3) is 11.3 Å². The number of hydrogen-bond donors (Lipinski definition) is 1. The van der Waals surface area contributed by atoms with Gasteiger partial charge < -0.3 is 15.5 Å². The molecule has 116 valence electrons. The van der Waals surface area contributed by atoms with E-state index in [4.69, 9.17) is 10.6 Å². The summed E-state index contributed by atoms with van der Waals surface area (Å²) in [7, 11) is 0.